The maximum atomic E-state index is 9.78. The maximum Gasteiger partial charge on any atom is 0.131 e. The zero-order valence-corrected chi connectivity index (χ0v) is 19.8. The van der Waals surface area contributed by atoms with Gasteiger partial charge in [0.15, 0.2) is 0 Å². The van der Waals surface area contributed by atoms with Crippen molar-refractivity contribution in [3.63, 3.8) is 0 Å². The van der Waals surface area contributed by atoms with Gasteiger partial charge in [0.2, 0.25) is 0 Å². The van der Waals surface area contributed by atoms with Gasteiger partial charge in [-0.2, -0.15) is 0 Å². The van der Waals surface area contributed by atoms with E-state index in [4.69, 9.17) is 4.74 Å². The molecule has 0 radical (unpaired) electrons. The van der Waals surface area contributed by atoms with Crippen molar-refractivity contribution >= 4 is 6.08 Å². The number of phenolic OH excluding ortho intramolecular Hbond substituents is 1. The number of ether oxygens (including phenoxy) is 1. The number of aromatic hydroxyl groups is 1. The van der Waals surface area contributed by atoms with Crippen molar-refractivity contribution in [2.24, 2.45) is 17.8 Å². The van der Waals surface area contributed by atoms with E-state index in [-0.39, 0.29) is 5.60 Å². The Labute approximate surface area is 179 Å². The average Bonchev–Trinajstić information content (AvgIpc) is 2.62. The van der Waals surface area contributed by atoms with Crippen LogP contribution in [0.5, 0.6) is 11.5 Å². The molecular weight excluding hydrogens is 356 g/mol. The Hall–Kier alpha value is -1.44. The van der Waals surface area contributed by atoms with Crippen molar-refractivity contribution in [2.75, 3.05) is 0 Å². The number of rotatable bonds is 12. The van der Waals surface area contributed by atoms with Crippen LogP contribution in [0.3, 0.4) is 0 Å². The maximum absolute atomic E-state index is 9.78. The van der Waals surface area contributed by atoms with Crippen LogP contribution in [-0.4, -0.2) is 10.7 Å². The summed E-state index contributed by atoms with van der Waals surface area (Å²) in [4.78, 5) is 0. The van der Waals surface area contributed by atoms with Gasteiger partial charge in [-0.25, -0.2) is 0 Å². The third-order valence-electron chi connectivity index (χ3n) is 6.48. The van der Waals surface area contributed by atoms with Gasteiger partial charge in [0.1, 0.15) is 17.1 Å². The fraction of sp³-hybridized carbons (Fsp3) is 0.704. The second kappa shape index (κ2) is 11.1. The second-order valence-corrected chi connectivity index (χ2v) is 10.3. The van der Waals surface area contributed by atoms with E-state index < -0.39 is 0 Å². The van der Waals surface area contributed by atoms with Gasteiger partial charge in [0.05, 0.1) is 0 Å². The molecule has 0 aliphatic carbocycles. The molecule has 164 valence electrons. The highest BCUT2D eigenvalue weighted by atomic mass is 16.5. The van der Waals surface area contributed by atoms with Gasteiger partial charge in [-0.05, 0) is 68.2 Å². The molecule has 0 fully saturated rings. The molecule has 0 saturated heterocycles. The largest absolute Gasteiger partial charge is 0.508 e. The summed E-state index contributed by atoms with van der Waals surface area (Å²) in [6.45, 7) is 13.7. The van der Waals surface area contributed by atoms with Gasteiger partial charge in [0, 0.05) is 5.56 Å². The third-order valence-corrected chi connectivity index (χ3v) is 6.48. The smallest absolute Gasteiger partial charge is 0.131 e. The quantitative estimate of drug-likeness (QED) is 0.382. The lowest BCUT2D eigenvalue weighted by Gasteiger charge is -2.33. The summed E-state index contributed by atoms with van der Waals surface area (Å²) in [6, 6.07) is 3.56. The average molecular weight is 401 g/mol. The SMILES string of the molecule is Cc1cc(O)cc2c1O[C@](C)(CCC[C@H](C)CCC[C@H](C)CCCC(C)C)C=C2. The van der Waals surface area contributed by atoms with Gasteiger partial charge in [-0.3, -0.25) is 0 Å². The Morgan fingerprint density at radius 2 is 1.48 bits per heavy atom. The van der Waals surface area contributed by atoms with Crippen LogP contribution >= 0.6 is 0 Å². The first-order valence-electron chi connectivity index (χ1n) is 11.9. The van der Waals surface area contributed by atoms with Crippen LogP contribution < -0.4 is 4.74 Å². The van der Waals surface area contributed by atoms with E-state index in [1.807, 2.05) is 6.92 Å². The second-order valence-electron chi connectivity index (χ2n) is 10.3. The minimum absolute atomic E-state index is 0.237. The number of fused-ring (bicyclic) bond motifs is 1. The molecule has 0 unspecified atom stereocenters. The molecule has 1 N–H and O–H groups in total. The molecule has 0 spiro atoms. The highest BCUT2D eigenvalue weighted by molar-refractivity contribution is 5.65. The summed E-state index contributed by atoms with van der Waals surface area (Å²) in [5.74, 6) is 3.74. The monoisotopic (exact) mass is 400 g/mol. The minimum Gasteiger partial charge on any atom is -0.508 e. The lowest BCUT2D eigenvalue weighted by Crippen LogP contribution is -2.32. The Bertz CT molecular complexity index is 661. The summed E-state index contributed by atoms with van der Waals surface area (Å²) >= 11 is 0. The first-order valence-corrected chi connectivity index (χ1v) is 11.9. The molecule has 2 heteroatoms. The molecule has 2 nitrogen and oxygen atoms in total. The van der Waals surface area contributed by atoms with Gasteiger partial charge in [0.25, 0.3) is 0 Å². The number of benzene rings is 1. The molecule has 0 saturated carbocycles. The summed E-state index contributed by atoms with van der Waals surface area (Å²) in [7, 11) is 0. The lowest BCUT2D eigenvalue weighted by molar-refractivity contribution is 0.121. The van der Waals surface area contributed by atoms with E-state index in [2.05, 4.69) is 46.8 Å². The van der Waals surface area contributed by atoms with Crippen molar-refractivity contribution in [1.82, 2.24) is 0 Å². The normalized spacial score (nSPS) is 20.4. The Kier molecular flexibility index (Phi) is 9.11. The lowest BCUT2D eigenvalue weighted by atomic mass is 9.89. The Morgan fingerprint density at radius 3 is 2.10 bits per heavy atom. The van der Waals surface area contributed by atoms with Crippen LogP contribution in [0.4, 0.5) is 0 Å². The molecule has 1 aromatic rings. The minimum atomic E-state index is -0.237. The van der Waals surface area contributed by atoms with Gasteiger partial charge in [-0.15, -0.1) is 0 Å². The molecule has 0 amide bonds. The van der Waals surface area contributed by atoms with Gasteiger partial charge in [-0.1, -0.05) is 78.7 Å². The van der Waals surface area contributed by atoms with Crippen LogP contribution in [0.1, 0.15) is 104 Å². The molecular formula is C27H44O2. The summed E-state index contributed by atoms with van der Waals surface area (Å²) in [6.07, 6.45) is 16.0. The molecule has 2 rings (SSSR count). The van der Waals surface area contributed by atoms with Gasteiger partial charge < -0.3 is 9.84 Å². The molecule has 3 atom stereocenters. The number of phenols is 1. The zero-order valence-electron chi connectivity index (χ0n) is 19.8. The molecule has 1 aliphatic heterocycles. The molecule has 1 aromatic carbocycles. The van der Waals surface area contributed by atoms with Crippen molar-refractivity contribution in [2.45, 2.75) is 105 Å². The van der Waals surface area contributed by atoms with Crippen LogP contribution in [0.2, 0.25) is 0 Å². The van der Waals surface area contributed by atoms with E-state index in [9.17, 15) is 5.11 Å². The van der Waals surface area contributed by atoms with Crippen LogP contribution in [-0.2, 0) is 0 Å². The predicted molar refractivity (Wildman–Crippen MR) is 126 cm³/mol. The van der Waals surface area contributed by atoms with E-state index in [1.165, 1.54) is 51.4 Å². The molecule has 0 aromatic heterocycles. The van der Waals surface area contributed by atoms with E-state index in [1.54, 1.807) is 12.1 Å². The van der Waals surface area contributed by atoms with Crippen LogP contribution in [0.25, 0.3) is 6.08 Å². The van der Waals surface area contributed by atoms with Crippen LogP contribution in [0.15, 0.2) is 18.2 Å². The van der Waals surface area contributed by atoms with E-state index in [0.717, 1.165) is 41.1 Å². The summed E-state index contributed by atoms with van der Waals surface area (Å²) in [5, 5.41) is 9.78. The fourth-order valence-electron chi connectivity index (χ4n) is 4.49. The van der Waals surface area contributed by atoms with E-state index >= 15 is 0 Å². The fourth-order valence-corrected chi connectivity index (χ4v) is 4.49. The van der Waals surface area contributed by atoms with Crippen molar-refractivity contribution in [1.29, 1.82) is 0 Å². The molecule has 0 bridgehead atoms. The van der Waals surface area contributed by atoms with Crippen molar-refractivity contribution in [3.8, 4) is 11.5 Å². The first-order chi connectivity index (χ1) is 13.7. The number of hydrogen-bond acceptors (Lipinski definition) is 2. The highest BCUT2D eigenvalue weighted by Crippen LogP contribution is 2.38. The topological polar surface area (TPSA) is 29.5 Å². The summed E-state index contributed by atoms with van der Waals surface area (Å²) in [5.41, 5.74) is 1.75. The molecule has 29 heavy (non-hydrogen) atoms. The molecule has 1 aliphatic rings. The Balaban J connectivity index is 1.66. The third kappa shape index (κ3) is 8.07. The van der Waals surface area contributed by atoms with Crippen molar-refractivity contribution < 1.29 is 9.84 Å². The predicted octanol–water partition coefficient (Wildman–Crippen LogP) is 8.30. The standard InChI is InChI=1S/C27H44O2/c1-20(2)10-7-11-21(3)12-8-13-22(4)14-9-16-27(6)17-15-24-19-25(28)18-23(5)26(24)29-27/h15,17-22,28H,7-14,16H2,1-6H3/t21-,22-,27-/m1/s1. The van der Waals surface area contributed by atoms with E-state index in [0.29, 0.717) is 5.75 Å². The molecule has 1 heterocycles. The first kappa shape index (κ1) is 23.8. The number of aryl methyl sites for hydroxylation is 1. The Morgan fingerprint density at radius 1 is 0.897 bits per heavy atom. The zero-order chi connectivity index (χ0) is 21.4. The van der Waals surface area contributed by atoms with Crippen molar-refractivity contribution in [3.05, 3.63) is 29.3 Å². The van der Waals surface area contributed by atoms with Gasteiger partial charge >= 0.3 is 0 Å². The van der Waals surface area contributed by atoms with Crippen LogP contribution in [0, 0.1) is 24.7 Å². The number of hydrogen-bond donors (Lipinski definition) is 1. The summed E-state index contributed by atoms with van der Waals surface area (Å²) < 4.78 is 6.36. The highest BCUT2D eigenvalue weighted by Gasteiger charge is 2.28.